The molecule has 0 atom stereocenters. The summed E-state index contributed by atoms with van der Waals surface area (Å²) in [5.41, 5.74) is 2.33. The van der Waals surface area contributed by atoms with Gasteiger partial charge in [0.05, 0.1) is 6.20 Å². The Hall–Kier alpha value is -1.25. The normalized spacial score (nSPS) is 12.1. The molecule has 3 heteroatoms. The van der Waals surface area contributed by atoms with Crippen LogP contribution >= 0.6 is 0 Å². The molecule has 3 nitrogen and oxygen atoms in total. The number of imidazole rings is 1. The van der Waals surface area contributed by atoms with Crippen molar-refractivity contribution >= 4 is 5.52 Å². The quantitative estimate of drug-likeness (QED) is 0.731. The molecule has 0 saturated carbocycles. The van der Waals surface area contributed by atoms with Gasteiger partial charge in [-0.2, -0.15) is 4.57 Å². The van der Waals surface area contributed by atoms with Crippen molar-refractivity contribution in [1.82, 2.24) is 9.56 Å². The predicted octanol–water partition coefficient (Wildman–Crippen LogP) is 3.17. The fourth-order valence-electron chi connectivity index (χ4n) is 1.64. The lowest BCUT2D eigenvalue weighted by atomic mass is 10.1. The molecule has 14 heavy (non-hydrogen) atoms. The Morgan fingerprint density at radius 1 is 1.21 bits per heavy atom. The first-order chi connectivity index (χ1) is 6.61. The second-order valence-electron chi connectivity index (χ2n) is 4.28. The summed E-state index contributed by atoms with van der Waals surface area (Å²) >= 11 is 0. The smallest absolute Gasteiger partial charge is 0.148 e. The summed E-state index contributed by atoms with van der Waals surface area (Å²) in [5.74, 6) is 1.86. The minimum absolute atomic E-state index is 0.392. The van der Waals surface area contributed by atoms with Gasteiger partial charge in [0.1, 0.15) is 17.6 Å². The maximum atomic E-state index is 5.50. The number of fused-ring (bicyclic) bond motifs is 1. The summed E-state index contributed by atoms with van der Waals surface area (Å²) in [5, 5.41) is 0. The first-order valence-electron chi connectivity index (χ1n) is 5.06. The summed E-state index contributed by atoms with van der Waals surface area (Å²) in [7, 11) is 0. The molecule has 0 amide bonds. The average molecular weight is 192 g/mol. The van der Waals surface area contributed by atoms with E-state index in [-0.39, 0.29) is 0 Å². The van der Waals surface area contributed by atoms with Crippen molar-refractivity contribution in [2.75, 3.05) is 0 Å². The number of hydrogen-bond acceptors (Lipinski definition) is 2. The molecule has 0 aromatic carbocycles. The van der Waals surface area contributed by atoms with Gasteiger partial charge in [0.15, 0.2) is 0 Å². The van der Waals surface area contributed by atoms with Crippen molar-refractivity contribution in [1.29, 1.82) is 0 Å². The molecule has 0 aliphatic carbocycles. The molecule has 2 rings (SSSR count). The van der Waals surface area contributed by atoms with E-state index in [9.17, 15) is 0 Å². The first-order valence-corrected chi connectivity index (χ1v) is 5.06. The highest BCUT2D eigenvalue weighted by atomic mass is 16.5. The van der Waals surface area contributed by atoms with Crippen molar-refractivity contribution in [2.24, 2.45) is 0 Å². The van der Waals surface area contributed by atoms with E-state index in [0.717, 1.165) is 11.3 Å². The van der Waals surface area contributed by atoms with Gasteiger partial charge in [-0.15, -0.1) is 0 Å². The molecule has 0 fully saturated rings. The Labute approximate surface area is 83.7 Å². The molecule has 2 aromatic rings. The van der Waals surface area contributed by atoms with Gasteiger partial charge in [-0.3, -0.25) is 0 Å². The molecule has 0 radical (unpaired) electrons. The van der Waals surface area contributed by atoms with Crippen LogP contribution in [0.2, 0.25) is 0 Å². The summed E-state index contributed by atoms with van der Waals surface area (Å²) in [6, 6.07) is 0. The molecule has 0 spiro atoms. The van der Waals surface area contributed by atoms with Crippen LogP contribution in [0.1, 0.15) is 50.9 Å². The predicted molar refractivity (Wildman–Crippen MR) is 55.6 cm³/mol. The van der Waals surface area contributed by atoms with Gasteiger partial charge in [0, 0.05) is 11.5 Å². The molecule has 0 unspecified atom stereocenters. The standard InChI is InChI=1S/C11H16N2O/c1-7(2)9-6-14-13-10(9)5-12-11(13)8(3)4/h5-8H,1-4H3. The van der Waals surface area contributed by atoms with Crippen molar-refractivity contribution in [2.45, 2.75) is 39.5 Å². The number of hydrogen-bond donors (Lipinski definition) is 0. The molecule has 76 valence electrons. The lowest BCUT2D eigenvalue weighted by Crippen LogP contribution is -1.94. The van der Waals surface area contributed by atoms with E-state index in [0.29, 0.717) is 11.8 Å². The van der Waals surface area contributed by atoms with Gasteiger partial charge in [-0.1, -0.05) is 27.7 Å². The van der Waals surface area contributed by atoms with Gasteiger partial charge in [-0.25, -0.2) is 4.98 Å². The lowest BCUT2D eigenvalue weighted by Gasteiger charge is -1.99. The highest BCUT2D eigenvalue weighted by molar-refractivity contribution is 5.53. The van der Waals surface area contributed by atoms with Crippen molar-refractivity contribution in [3.63, 3.8) is 0 Å². The second-order valence-corrected chi connectivity index (χ2v) is 4.28. The number of rotatable bonds is 2. The Balaban J connectivity index is 2.61. The van der Waals surface area contributed by atoms with Crippen LogP contribution in [0.4, 0.5) is 0 Å². The lowest BCUT2D eigenvalue weighted by molar-refractivity contribution is 0.356. The largest absolute Gasteiger partial charge is 0.381 e. The van der Waals surface area contributed by atoms with Crippen LogP contribution in [-0.2, 0) is 0 Å². The topological polar surface area (TPSA) is 30.4 Å². The molecule has 0 bridgehead atoms. The second kappa shape index (κ2) is 3.15. The SMILES string of the molecule is CC(C)c1con2c(C(C)C)ncc12. The van der Waals surface area contributed by atoms with Crippen LogP contribution in [0.25, 0.3) is 5.52 Å². The van der Waals surface area contributed by atoms with Gasteiger partial charge in [0.25, 0.3) is 0 Å². The fourth-order valence-corrected chi connectivity index (χ4v) is 1.64. The molecular formula is C11H16N2O. The van der Waals surface area contributed by atoms with Crippen molar-refractivity contribution < 1.29 is 4.52 Å². The highest BCUT2D eigenvalue weighted by Gasteiger charge is 2.15. The van der Waals surface area contributed by atoms with E-state index in [1.165, 1.54) is 5.56 Å². The van der Waals surface area contributed by atoms with Crippen LogP contribution in [0, 0.1) is 0 Å². The van der Waals surface area contributed by atoms with Crippen molar-refractivity contribution in [3.8, 4) is 0 Å². The average Bonchev–Trinajstić information content (AvgIpc) is 2.59. The van der Waals surface area contributed by atoms with Crippen LogP contribution < -0.4 is 0 Å². The Morgan fingerprint density at radius 3 is 2.50 bits per heavy atom. The maximum Gasteiger partial charge on any atom is 0.148 e. The van der Waals surface area contributed by atoms with E-state index in [1.807, 2.05) is 17.0 Å². The zero-order valence-corrected chi connectivity index (χ0v) is 9.11. The molecule has 0 aliphatic heterocycles. The molecule has 0 N–H and O–H groups in total. The summed E-state index contributed by atoms with van der Waals surface area (Å²) in [4.78, 5) is 4.37. The number of nitrogens with zero attached hydrogens (tertiary/aromatic N) is 2. The monoisotopic (exact) mass is 192 g/mol. The summed E-state index contributed by atoms with van der Waals surface area (Å²) in [6.45, 7) is 8.55. The van der Waals surface area contributed by atoms with Crippen LogP contribution in [0.5, 0.6) is 0 Å². The highest BCUT2D eigenvalue weighted by Crippen LogP contribution is 2.24. The molecule has 2 heterocycles. The summed E-state index contributed by atoms with van der Waals surface area (Å²) in [6.07, 6.45) is 3.72. The van der Waals surface area contributed by atoms with E-state index >= 15 is 0 Å². The zero-order chi connectivity index (χ0) is 10.3. The van der Waals surface area contributed by atoms with E-state index in [1.54, 1.807) is 0 Å². The van der Waals surface area contributed by atoms with Gasteiger partial charge in [-0.05, 0) is 5.92 Å². The maximum absolute atomic E-state index is 5.50. The van der Waals surface area contributed by atoms with E-state index < -0.39 is 0 Å². The zero-order valence-electron chi connectivity index (χ0n) is 9.11. The van der Waals surface area contributed by atoms with Gasteiger partial charge < -0.3 is 4.52 Å². The first kappa shape index (κ1) is 9.31. The van der Waals surface area contributed by atoms with Gasteiger partial charge in [0.2, 0.25) is 0 Å². The van der Waals surface area contributed by atoms with Crippen molar-refractivity contribution in [3.05, 3.63) is 23.8 Å². The van der Waals surface area contributed by atoms with E-state index in [4.69, 9.17) is 4.52 Å². The minimum atomic E-state index is 0.392. The Bertz CT molecular complexity index is 395. The Morgan fingerprint density at radius 2 is 1.93 bits per heavy atom. The molecule has 2 aromatic heterocycles. The van der Waals surface area contributed by atoms with E-state index in [2.05, 4.69) is 32.7 Å². The molecular weight excluding hydrogens is 176 g/mol. The third kappa shape index (κ3) is 1.24. The minimum Gasteiger partial charge on any atom is -0.381 e. The third-order valence-electron chi connectivity index (χ3n) is 2.47. The fraction of sp³-hybridized carbons (Fsp3) is 0.545. The van der Waals surface area contributed by atoms with Crippen LogP contribution in [0.3, 0.4) is 0 Å². The number of aromatic nitrogens is 2. The summed E-state index contributed by atoms with van der Waals surface area (Å²) < 4.78 is 7.33. The van der Waals surface area contributed by atoms with Crippen LogP contribution in [0.15, 0.2) is 17.0 Å². The molecule has 0 saturated heterocycles. The third-order valence-corrected chi connectivity index (χ3v) is 2.47. The Kier molecular flexibility index (Phi) is 2.10. The molecule has 0 aliphatic rings. The van der Waals surface area contributed by atoms with Gasteiger partial charge >= 0.3 is 0 Å². The van der Waals surface area contributed by atoms with Crippen LogP contribution in [-0.4, -0.2) is 9.56 Å².